The number of ether oxygens (including phenoxy) is 4. The molecule has 4 saturated heterocycles. The highest BCUT2D eigenvalue weighted by Crippen LogP contribution is 2.75. The molecule has 2 bridgehead atoms. The SMILES string of the molecule is CC1=C/C(=C/[C@H](C)[C@H]2[C@@H]3[C@@]2(C)CC[C@@]24C[C@@]56OC(=O)C[C@@H]5OC(C)(C)[C@H]6C[C@@H](O)[C@@H]2C(=O)[C@]3(O)O4)OC1=O. The predicted molar refractivity (Wildman–Crippen MR) is 130 cm³/mol. The molecular weight excluding hydrogens is 492 g/mol. The van der Waals surface area contributed by atoms with E-state index in [1.807, 2.05) is 26.8 Å². The summed E-state index contributed by atoms with van der Waals surface area (Å²) in [6, 6.07) is 0. The first kappa shape index (κ1) is 24.9. The van der Waals surface area contributed by atoms with Crippen molar-refractivity contribution in [2.24, 2.45) is 35.0 Å². The van der Waals surface area contributed by atoms with E-state index in [-0.39, 0.29) is 54.4 Å². The van der Waals surface area contributed by atoms with E-state index in [0.29, 0.717) is 24.2 Å². The average molecular weight is 529 g/mol. The van der Waals surface area contributed by atoms with Crippen molar-refractivity contribution in [3.63, 3.8) is 0 Å². The van der Waals surface area contributed by atoms with Crippen LogP contribution in [0.2, 0.25) is 0 Å². The minimum Gasteiger partial charge on any atom is -0.456 e. The molecule has 2 aliphatic carbocycles. The lowest BCUT2D eigenvalue weighted by Gasteiger charge is -2.41. The molecule has 206 valence electrons. The third kappa shape index (κ3) is 2.89. The quantitative estimate of drug-likeness (QED) is 0.519. The van der Waals surface area contributed by atoms with E-state index in [4.69, 9.17) is 18.9 Å². The maximum atomic E-state index is 14.1. The van der Waals surface area contributed by atoms with Crippen molar-refractivity contribution < 1.29 is 43.5 Å². The molecule has 2 saturated carbocycles. The van der Waals surface area contributed by atoms with Crippen LogP contribution in [0.15, 0.2) is 23.5 Å². The van der Waals surface area contributed by atoms with Crippen molar-refractivity contribution in [1.29, 1.82) is 0 Å². The Morgan fingerprint density at radius 2 is 1.89 bits per heavy atom. The molecule has 9 heteroatoms. The highest BCUT2D eigenvalue weighted by Gasteiger charge is 2.83. The summed E-state index contributed by atoms with van der Waals surface area (Å²) in [7, 11) is 0. The van der Waals surface area contributed by atoms with Gasteiger partial charge in [-0.25, -0.2) is 4.79 Å². The van der Waals surface area contributed by atoms with Gasteiger partial charge in [0.15, 0.2) is 0 Å². The Kier molecular flexibility index (Phi) is 4.70. The molecule has 11 atom stereocenters. The molecule has 0 amide bonds. The Morgan fingerprint density at radius 1 is 1.16 bits per heavy atom. The van der Waals surface area contributed by atoms with Crippen LogP contribution in [0.25, 0.3) is 0 Å². The van der Waals surface area contributed by atoms with E-state index in [1.165, 1.54) is 0 Å². The Hall–Kier alpha value is -2.07. The summed E-state index contributed by atoms with van der Waals surface area (Å²) in [5, 5.41) is 23.6. The van der Waals surface area contributed by atoms with Crippen molar-refractivity contribution >= 4 is 17.7 Å². The number of aliphatic hydroxyl groups excluding tert-OH is 1. The van der Waals surface area contributed by atoms with E-state index < -0.39 is 52.4 Å². The van der Waals surface area contributed by atoms with Crippen LogP contribution >= 0.6 is 0 Å². The number of Topliss-reactive ketones (excluding diaryl/α,β-unsaturated/α-hetero) is 1. The van der Waals surface area contributed by atoms with Gasteiger partial charge in [-0.15, -0.1) is 0 Å². The number of cyclic esters (lactones) is 1. The molecular formula is C29H36O9. The number of carbonyl (C=O) groups is 3. The van der Waals surface area contributed by atoms with Crippen LogP contribution in [0.3, 0.4) is 0 Å². The van der Waals surface area contributed by atoms with E-state index in [9.17, 15) is 24.6 Å². The van der Waals surface area contributed by atoms with Gasteiger partial charge in [-0.1, -0.05) is 13.8 Å². The summed E-state index contributed by atoms with van der Waals surface area (Å²) in [6.45, 7) is 9.67. The zero-order chi connectivity index (χ0) is 27.2. The number of aliphatic hydroxyl groups is 2. The van der Waals surface area contributed by atoms with Gasteiger partial charge >= 0.3 is 11.9 Å². The van der Waals surface area contributed by atoms with Gasteiger partial charge < -0.3 is 29.2 Å². The van der Waals surface area contributed by atoms with Crippen molar-refractivity contribution in [1.82, 2.24) is 0 Å². The van der Waals surface area contributed by atoms with Gasteiger partial charge in [0.2, 0.25) is 11.6 Å². The smallest absolute Gasteiger partial charge is 0.339 e. The standard InChI is InChI=1S/C29H36O9/c1-13(8-15-9-14(2)24(33)35-15)20-22-26(20,5)6-7-27-12-28-17(25(3,4)36-18(28)11-19(31)37-28)10-16(30)21(27)23(32)29(22,34)38-27/h8-9,13,16-18,20-22,30,34H,6-7,10-12H2,1-5H3/b15-8-/t13-,16+,17+,18-,20-,21+,22+,26-,27+,28-,29+/m0/s1. The Morgan fingerprint density at radius 3 is 2.58 bits per heavy atom. The summed E-state index contributed by atoms with van der Waals surface area (Å²) < 4.78 is 24.3. The molecule has 0 aromatic carbocycles. The lowest BCUT2D eigenvalue weighted by Crippen LogP contribution is -2.51. The molecule has 0 radical (unpaired) electrons. The summed E-state index contributed by atoms with van der Waals surface area (Å²) in [6.07, 6.45) is 3.73. The van der Waals surface area contributed by atoms with Gasteiger partial charge in [0, 0.05) is 23.8 Å². The van der Waals surface area contributed by atoms with Crippen LogP contribution in [0.4, 0.5) is 0 Å². The monoisotopic (exact) mass is 528 g/mol. The zero-order valence-electron chi connectivity index (χ0n) is 22.5. The molecule has 6 fully saturated rings. The topological polar surface area (TPSA) is 129 Å². The van der Waals surface area contributed by atoms with E-state index in [0.717, 1.165) is 0 Å². The molecule has 7 aliphatic rings. The minimum absolute atomic E-state index is 0.0782. The van der Waals surface area contributed by atoms with Gasteiger partial charge in [-0.3, -0.25) is 9.59 Å². The Bertz CT molecular complexity index is 1230. The maximum Gasteiger partial charge on any atom is 0.339 e. The van der Waals surface area contributed by atoms with Crippen molar-refractivity contribution in [3.8, 4) is 0 Å². The van der Waals surface area contributed by atoms with Crippen molar-refractivity contribution in [3.05, 3.63) is 23.5 Å². The first-order valence-corrected chi connectivity index (χ1v) is 13.8. The Labute approximate surface area is 221 Å². The first-order chi connectivity index (χ1) is 17.7. The fourth-order valence-corrected chi connectivity index (χ4v) is 9.72. The van der Waals surface area contributed by atoms with Crippen LogP contribution in [0.1, 0.15) is 66.7 Å². The number of esters is 2. The van der Waals surface area contributed by atoms with E-state index in [1.54, 1.807) is 13.0 Å². The van der Waals surface area contributed by atoms with Crippen LogP contribution < -0.4 is 0 Å². The normalized spacial score (nSPS) is 53.7. The number of allylic oxidation sites excluding steroid dienone is 2. The minimum atomic E-state index is -2.05. The highest BCUT2D eigenvalue weighted by atomic mass is 16.7. The molecule has 0 unspecified atom stereocenters. The number of hydrogen-bond donors (Lipinski definition) is 2. The average Bonchev–Trinajstić information content (AvgIpc) is 3.00. The molecule has 0 aromatic heterocycles. The molecule has 0 aromatic rings. The van der Waals surface area contributed by atoms with Crippen LogP contribution in [-0.4, -0.2) is 62.7 Å². The highest BCUT2D eigenvalue weighted by molar-refractivity contribution is 5.93. The fraction of sp³-hybridized carbons (Fsp3) is 0.759. The summed E-state index contributed by atoms with van der Waals surface area (Å²) in [5.41, 5.74) is -2.67. The molecule has 5 aliphatic heterocycles. The number of fused-ring (bicyclic) bond motifs is 3. The van der Waals surface area contributed by atoms with E-state index in [2.05, 4.69) is 6.92 Å². The van der Waals surface area contributed by atoms with Gasteiger partial charge in [-0.2, -0.15) is 0 Å². The molecule has 38 heavy (non-hydrogen) atoms. The number of carbonyl (C=O) groups excluding carboxylic acids is 3. The molecule has 7 rings (SSSR count). The third-order valence-electron chi connectivity index (χ3n) is 11.2. The fourth-order valence-electron chi connectivity index (χ4n) is 9.72. The van der Waals surface area contributed by atoms with Crippen molar-refractivity contribution in [2.75, 3.05) is 0 Å². The van der Waals surface area contributed by atoms with Crippen LogP contribution in [0.5, 0.6) is 0 Å². The largest absolute Gasteiger partial charge is 0.456 e. The van der Waals surface area contributed by atoms with Crippen LogP contribution in [0, 0.1) is 35.0 Å². The van der Waals surface area contributed by atoms with Gasteiger partial charge in [0.1, 0.15) is 17.5 Å². The summed E-state index contributed by atoms with van der Waals surface area (Å²) in [5.74, 6) is -4.61. The maximum absolute atomic E-state index is 14.1. The van der Waals surface area contributed by atoms with Gasteiger partial charge in [0.25, 0.3) is 0 Å². The number of hydrogen-bond acceptors (Lipinski definition) is 9. The van der Waals surface area contributed by atoms with Crippen LogP contribution in [-0.2, 0) is 33.3 Å². The third-order valence-corrected chi connectivity index (χ3v) is 11.2. The van der Waals surface area contributed by atoms with E-state index >= 15 is 0 Å². The first-order valence-electron chi connectivity index (χ1n) is 13.8. The lowest BCUT2D eigenvalue weighted by molar-refractivity contribution is -0.244. The number of ketones is 1. The van der Waals surface area contributed by atoms with Gasteiger partial charge in [-0.05, 0) is 69.4 Å². The summed E-state index contributed by atoms with van der Waals surface area (Å²) in [4.78, 5) is 38.4. The summed E-state index contributed by atoms with van der Waals surface area (Å²) >= 11 is 0. The second kappa shape index (κ2) is 7.16. The molecule has 5 heterocycles. The zero-order valence-corrected chi connectivity index (χ0v) is 22.5. The number of rotatable bonds is 2. The lowest BCUT2D eigenvalue weighted by atomic mass is 9.69. The molecule has 2 spiro atoms. The molecule has 2 N–H and O–H groups in total. The molecule has 9 nitrogen and oxygen atoms in total. The second-order valence-electron chi connectivity index (χ2n) is 13.7. The van der Waals surface area contributed by atoms with Gasteiger partial charge in [0.05, 0.1) is 29.6 Å². The predicted octanol–water partition coefficient (Wildman–Crippen LogP) is 2.33. The van der Waals surface area contributed by atoms with Crippen molar-refractivity contribution in [2.45, 2.75) is 102 Å². The second-order valence-corrected chi connectivity index (χ2v) is 13.7. The Balaban J connectivity index is 1.25.